The molecule has 3 N–H and O–H groups in total. The van der Waals surface area contributed by atoms with Crippen LogP contribution in [-0.2, 0) is 4.79 Å². The first-order chi connectivity index (χ1) is 7.54. The van der Waals surface area contributed by atoms with Crippen molar-refractivity contribution < 1.29 is 20.1 Å². The molecule has 2 unspecified atom stereocenters. The molecule has 0 aromatic heterocycles. The normalized spacial score (nSPS) is 14.4. The number of aryl methyl sites for hydroxylation is 1. The fraction of sp³-hybridized carbons (Fsp3) is 0.417. The lowest BCUT2D eigenvalue weighted by Gasteiger charge is -2.15. The van der Waals surface area contributed by atoms with Crippen LogP contribution in [0.5, 0.6) is 0 Å². The van der Waals surface area contributed by atoms with Crippen LogP contribution in [0.4, 0.5) is 0 Å². The largest absolute Gasteiger partial charge is 0.481 e. The zero-order chi connectivity index (χ0) is 12.1. The van der Waals surface area contributed by atoms with E-state index in [0.29, 0.717) is 5.56 Å². The van der Waals surface area contributed by atoms with E-state index in [1.54, 1.807) is 12.1 Å². The van der Waals surface area contributed by atoms with Gasteiger partial charge >= 0.3 is 5.97 Å². The molecule has 0 bridgehead atoms. The molecule has 0 aliphatic heterocycles. The number of aliphatic hydroxyl groups is 2. The van der Waals surface area contributed by atoms with Gasteiger partial charge in [-0.3, -0.25) is 4.79 Å². The summed E-state index contributed by atoms with van der Waals surface area (Å²) in [5.74, 6) is -1.76. The number of benzene rings is 1. The number of carboxylic acids is 1. The minimum Gasteiger partial charge on any atom is -0.481 e. The van der Waals surface area contributed by atoms with Gasteiger partial charge in [0.2, 0.25) is 0 Å². The molecule has 0 aliphatic carbocycles. The molecule has 0 fully saturated rings. The summed E-state index contributed by atoms with van der Waals surface area (Å²) in [5, 5.41) is 27.0. The highest BCUT2D eigenvalue weighted by Gasteiger charge is 2.22. The molecule has 1 aromatic carbocycles. The summed E-state index contributed by atoms with van der Waals surface area (Å²) in [5.41, 5.74) is 1.70. The van der Waals surface area contributed by atoms with Crippen LogP contribution < -0.4 is 0 Å². The number of rotatable bonds is 5. The van der Waals surface area contributed by atoms with E-state index in [4.69, 9.17) is 10.2 Å². The van der Waals surface area contributed by atoms with Crippen molar-refractivity contribution in [2.24, 2.45) is 0 Å². The molecule has 0 saturated carbocycles. The molecular formula is C12H16O4. The van der Waals surface area contributed by atoms with E-state index in [2.05, 4.69) is 0 Å². The maximum atomic E-state index is 11.0. The quantitative estimate of drug-likeness (QED) is 0.694. The molecule has 0 aliphatic rings. The van der Waals surface area contributed by atoms with Gasteiger partial charge in [0.15, 0.2) is 0 Å². The Labute approximate surface area is 94.2 Å². The fourth-order valence-corrected chi connectivity index (χ4v) is 1.52. The second-order valence-corrected chi connectivity index (χ2v) is 3.87. The Morgan fingerprint density at radius 3 is 2.31 bits per heavy atom. The van der Waals surface area contributed by atoms with Gasteiger partial charge in [-0.25, -0.2) is 0 Å². The standard InChI is InChI=1S/C12H16O4/c1-8-2-4-9(5-3-8)11(12(15)16)6-10(14)7-13/h2-5,10-11,13-14H,6-7H2,1H3,(H,15,16). The lowest BCUT2D eigenvalue weighted by molar-refractivity contribution is -0.139. The average Bonchev–Trinajstić information content (AvgIpc) is 2.26. The summed E-state index contributed by atoms with van der Waals surface area (Å²) in [6.45, 7) is 1.50. The van der Waals surface area contributed by atoms with E-state index in [1.165, 1.54) is 0 Å². The van der Waals surface area contributed by atoms with E-state index in [0.717, 1.165) is 5.56 Å². The Kier molecular flexibility index (Phi) is 4.46. The number of carbonyl (C=O) groups is 1. The summed E-state index contributed by atoms with van der Waals surface area (Å²) >= 11 is 0. The Bertz CT molecular complexity index is 345. The van der Waals surface area contributed by atoms with Crippen LogP contribution >= 0.6 is 0 Å². The van der Waals surface area contributed by atoms with Crippen LogP contribution in [-0.4, -0.2) is 34.0 Å². The van der Waals surface area contributed by atoms with E-state index >= 15 is 0 Å². The van der Waals surface area contributed by atoms with Crippen molar-refractivity contribution in [2.45, 2.75) is 25.4 Å². The van der Waals surface area contributed by atoms with Crippen LogP contribution in [0.25, 0.3) is 0 Å². The van der Waals surface area contributed by atoms with Crippen molar-refractivity contribution in [1.29, 1.82) is 0 Å². The van der Waals surface area contributed by atoms with Gasteiger partial charge in [-0.1, -0.05) is 29.8 Å². The summed E-state index contributed by atoms with van der Waals surface area (Å²) in [7, 11) is 0. The molecule has 16 heavy (non-hydrogen) atoms. The maximum Gasteiger partial charge on any atom is 0.311 e. The van der Waals surface area contributed by atoms with Gasteiger partial charge in [0, 0.05) is 0 Å². The van der Waals surface area contributed by atoms with E-state index in [-0.39, 0.29) is 6.42 Å². The minimum absolute atomic E-state index is 0.0227. The average molecular weight is 224 g/mol. The lowest BCUT2D eigenvalue weighted by Crippen LogP contribution is -2.21. The molecule has 0 amide bonds. The number of carboxylic acid groups (broad SMARTS) is 1. The van der Waals surface area contributed by atoms with Crippen molar-refractivity contribution in [3.05, 3.63) is 35.4 Å². The SMILES string of the molecule is Cc1ccc(C(CC(O)CO)C(=O)O)cc1. The molecule has 0 radical (unpaired) electrons. The molecule has 1 rings (SSSR count). The number of aliphatic hydroxyl groups excluding tert-OH is 2. The molecule has 0 spiro atoms. The third kappa shape index (κ3) is 3.32. The summed E-state index contributed by atoms with van der Waals surface area (Å²) in [6.07, 6.45) is -0.975. The summed E-state index contributed by atoms with van der Waals surface area (Å²) < 4.78 is 0. The van der Waals surface area contributed by atoms with Gasteiger partial charge in [-0.05, 0) is 18.9 Å². The Balaban J connectivity index is 2.85. The van der Waals surface area contributed by atoms with Crippen LogP contribution in [0.2, 0.25) is 0 Å². The monoisotopic (exact) mass is 224 g/mol. The molecule has 1 aromatic rings. The van der Waals surface area contributed by atoms with Gasteiger partial charge in [-0.2, -0.15) is 0 Å². The number of hydrogen-bond acceptors (Lipinski definition) is 3. The Morgan fingerprint density at radius 2 is 1.88 bits per heavy atom. The molecule has 0 heterocycles. The van der Waals surface area contributed by atoms with Gasteiger partial charge < -0.3 is 15.3 Å². The smallest absolute Gasteiger partial charge is 0.311 e. The summed E-state index contributed by atoms with van der Waals surface area (Å²) in [6, 6.07) is 7.13. The molecule has 0 saturated heterocycles. The first-order valence-electron chi connectivity index (χ1n) is 5.13. The minimum atomic E-state index is -0.998. The van der Waals surface area contributed by atoms with Crippen molar-refractivity contribution in [1.82, 2.24) is 0 Å². The van der Waals surface area contributed by atoms with Gasteiger partial charge in [0.1, 0.15) is 0 Å². The highest BCUT2D eigenvalue weighted by molar-refractivity contribution is 5.76. The van der Waals surface area contributed by atoms with Crippen molar-refractivity contribution in [3.63, 3.8) is 0 Å². The van der Waals surface area contributed by atoms with E-state index < -0.39 is 24.6 Å². The predicted molar refractivity (Wildman–Crippen MR) is 59.3 cm³/mol. The first kappa shape index (κ1) is 12.7. The lowest BCUT2D eigenvalue weighted by atomic mass is 9.93. The molecular weight excluding hydrogens is 208 g/mol. The fourth-order valence-electron chi connectivity index (χ4n) is 1.52. The number of aliphatic carboxylic acids is 1. The van der Waals surface area contributed by atoms with Crippen molar-refractivity contribution >= 4 is 5.97 Å². The first-order valence-corrected chi connectivity index (χ1v) is 5.13. The zero-order valence-electron chi connectivity index (χ0n) is 9.13. The number of hydrogen-bond donors (Lipinski definition) is 3. The Morgan fingerprint density at radius 1 is 1.31 bits per heavy atom. The van der Waals surface area contributed by atoms with Gasteiger partial charge in [0.05, 0.1) is 18.6 Å². The van der Waals surface area contributed by atoms with Crippen LogP contribution in [0.1, 0.15) is 23.5 Å². The van der Waals surface area contributed by atoms with Gasteiger partial charge in [-0.15, -0.1) is 0 Å². The third-order valence-corrected chi connectivity index (χ3v) is 2.50. The van der Waals surface area contributed by atoms with Crippen LogP contribution in [0, 0.1) is 6.92 Å². The van der Waals surface area contributed by atoms with Crippen molar-refractivity contribution in [3.8, 4) is 0 Å². The highest BCUT2D eigenvalue weighted by Crippen LogP contribution is 2.22. The zero-order valence-corrected chi connectivity index (χ0v) is 9.13. The molecule has 4 heteroatoms. The van der Waals surface area contributed by atoms with Crippen molar-refractivity contribution in [2.75, 3.05) is 6.61 Å². The van der Waals surface area contributed by atoms with Crippen LogP contribution in [0.3, 0.4) is 0 Å². The maximum absolute atomic E-state index is 11.0. The molecule has 2 atom stereocenters. The van der Waals surface area contributed by atoms with E-state index in [1.807, 2.05) is 19.1 Å². The second-order valence-electron chi connectivity index (χ2n) is 3.87. The third-order valence-electron chi connectivity index (χ3n) is 2.50. The van der Waals surface area contributed by atoms with E-state index in [9.17, 15) is 9.90 Å². The highest BCUT2D eigenvalue weighted by atomic mass is 16.4. The summed E-state index contributed by atoms with van der Waals surface area (Å²) in [4.78, 5) is 11.0. The predicted octanol–water partition coefficient (Wildman–Crippen LogP) is 0.907. The van der Waals surface area contributed by atoms with Gasteiger partial charge in [0.25, 0.3) is 0 Å². The van der Waals surface area contributed by atoms with Crippen LogP contribution in [0.15, 0.2) is 24.3 Å². The Hall–Kier alpha value is -1.39. The second kappa shape index (κ2) is 5.63. The molecule has 4 nitrogen and oxygen atoms in total. The topological polar surface area (TPSA) is 77.8 Å². The molecule has 88 valence electrons.